The Hall–Kier alpha value is -1.23. The number of hydrogen-bond acceptors (Lipinski definition) is 3. The molecule has 4 heteroatoms. The molecule has 1 aromatic heterocycles. The summed E-state index contributed by atoms with van der Waals surface area (Å²) in [4.78, 5) is 4.21. The minimum absolute atomic E-state index is 0.0469. The van der Waals surface area contributed by atoms with Gasteiger partial charge in [0.1, 0.15) is 0 Å². The minimum Gasteiger partial charge on any atom is -0.271 e. The zero-order valence-corrected chi connectivity index (χ0v) is 12.0. The molecule has 1 aromatic carbocycles. The zero-order valence-electron chi connectivity index (χ0n) is 10.4. The topological polar surface area (TPSA) is 50.9 Å². The van der Waals surface area contributed by atoms with Crippen LogP contribution in [0.1, 0.15) is 28.3 Å². The maximum absolute atomic E-state index is 5.68. The lowest BCUT2D eigenvalue weighted by Crippen LogP contribution is -2.29. The van der Waals surface area contributed by atoms with E-state index in [0.717, 1.165) is 21.2 Å². The van der Waals surface area contributed by atoms with Crippen molar-refractivity contribution in [2.75, 3.05) is 0 Å². The summed E-state index contributed by atoms with van der Waals surface area (Å²) >= 11 is 3.55. The third-order valence-corrected chi connectivity index (χ3v) is 3.78. The first-order valence-corrected chi connectivity index (χ1v) is 6.55. The Morgan fingerprint density at radius 3 is 2.56 bits per heavy atom. The monoisotopic (exact) mass is 305 g/mol. The van der Waals surface area contributed by atoms with Crippen molar-refractivity contribution < 1.29 is 0 Å². The maximum Gasteiger partial charge on any atom is 0.0725 e. The smallest absolute Gasteiger partial charge is 0.0725 e. The fourth-order valence-corrected chi connectivity index (χ4v) is 2.31. The predicted octanol–water partition coefficient (Wildman–Crippen LogP) is 3.01. The van der Waals surface area contributed by atoms with Crippen molar-refractivity contribution in [3.05, 3.63) is 63.4 Å². The van der Waals surface area contributed by atoms with Gasteiger partial charge in [-0.05, 0) is 42.2 Å². The van der Waals surface area contributed by atoms with Gasteiger partial charge in [0.05, 0.1) is 6.04 Å². The Bertz CT molecular complexity index is 554. The number of nitrogens with one attached hydrogen (secondary N) is 1. The summed E-state index contributed by atoms with van der Waals surface area (Å²) in [6, 6.07) is 8.28. The summed E-state index contributed by atoms with van der Waals surface area (Å²) in [5.74, 6) is 5.68. The Balaban J connectivity index is 2.42. The van der Waals surface area contributed by atoms with Crippen LogP contribution < -0.4 is 11.3 Å². The first-order chi connectivity index (χ1) is 8.61. The summed E-state index contributed by atoms with van der Waals surface area (Å²) in [6.45, 7) is 4.09. The van der Waals surface area contributed by atoms with Gasteiger partial charge in [0.2, 0.25) is 0 Å². The third-order valence-electron chi connectivity index (χ3n) is 2.93. The van der Waals surface area contributed by atoms with E-state index in [1.165, 1.54) is 5.56 Å². The molecule has 94 valence electrons. The van der Waals surface area contributed by atoms with Crippen LogP contribution in [0.5, 0.6) is 0 Å². The summed E-state index contributed by atoms with van der Waals surface area (Å²) in [6.07, 6.45) is 3.67. The maximum atomic E-state index is 5.68. The summed E-state index contributed by atoms with van der Waals surface area (Å²) in [7, 11) is 0. The van der Waals surface area contributed by atoms with E-state index in [4.69, 9.17) is 5.84 Å². The molecule has 0 bridgehead atoms. The van der Waals surface area contributed by atoms with Crippen LogP contribution in [0.15, 0.2) is 41.1 Å². The van der Waals surface area contributed by atoms with E-state index in [-0.39, 0.29) is 6.04 Å². The fraction of sp³-hybridized carbons (Fsp3) is 0.214. The highest BCUT2D eigenvalue weighted by Gasteiger charge is 2.13. The van der Waals surface area contributed by atoms with E-state index in [9.17, 15) is 0 Å². The van der Waals surface area contributed by atoms with Crippen LogP contribution in [0.2, 0.25) is 0 Å². The number of nitrogens with two attached hydrogens (primary N) is 1. The summed E-state index contributed by atoms with van der Waals surface area (Å²) in [5, 5.41) is 0. The molecule has 0 saturated carbocycles. The van der Waals surface area contributed by atoms with E-state index >= 15 is 0 Å². The van der Waals surface area contributed by atoms with Crippen LogP contribution in [-0.4, -0.2) is 4.98 Å². The van der Waals surface area contributed by atoms with E-state index in [1.54, 1.807) is 0 Å². The lowest BCUT2D eigenvalue weighted by atomic mass is 9.99. The van der Waals surface area contributed by atoms with E-state index < -0.39 is 0 Å². The Kier molecular flexibility index (Phi) is 4.11. The number of hydrazine groups is 1. The number of halogens is 1. The molecule has 2 rings (SSSR count). The molecule has 0 aliphatic carbocycles. The number of benzene rings is 1. The molecule has 1 heterocycles. The fourth-order valence-electron chi connectivity index (χ4n) is 1.91. The molecule has 3 nitrogen and oxygen atoms in total. The standard InChI is InChI=1S/C14H16BrN3/c1-9-5-12(8-17-7-9)14(18-16)11-4-3-10(2)13(15)6-11/h3-8,14,18H,16H2,1-2H3. The predicted molar refractivity (Wildman–Crippen MR) is 77.0 cm³/mol. The average Bonchev–Trinajstić information content (AvgIpc) is 2.35. The van der Waals surface area contributed by atoms with Crippen molar-refractivity contribution in [3.8, 4) is 0 Å². The van der Waals surface area contributed by atoms with E-state index in [1.807, 2.05) is 19.3 Å². The molecule has 1 unspecified atom stereocenters. The van der Waals surface area contributed by atoms with Crippen molar-refractivity contribution in [1.29, 1.82) is 0 Å². The molecule has 0 aliphatic heterocycles. The summed E-state index contributed by atoms with van der Waals surface area (Å²) < 4.78 is 1.08. The quantitative estimate of drug-likeness (QED) is 0.677. The first-order valence-electron chi connectivity index (χ1n) is 5.75. The number of pyridine rings is 1. The lowest BCUT2D eigenvalue weighted by Gasteiger charge is -2.17. The molecule has 0 spiro atoms. The largest absolute Gasteiger partial charge is 0.271 e. The summed E-state index contributed by atoms with van der Waals surface area (Å²) in [5.41, 5.74) is 7.35. The Morgan fingerprint density at radius 2 is 1.94 bits per heavy atom. The molecule has 0 aliphatic rings. The molecule has 1 atom stereocenters. The second-order valence-corrected chi connectivity index (χ2v) is 5.26. The van der Waals surface area contributed by atoms with Crippen molar-refractivity contribution >= 4 is 15.9 Å². The van der Waals surface area contributed by atoms with Gasteiger partial charge in [0.15, 0.2) is 0 Å². The molecule has 0 amide bonds. The van der Waals surface area contributed by atoms with Gasteiger partial charge in [-0.2, -0.15) is 0 Å². The molecule has 0 radical (unpaired) electrons. The number of aromatic nitrogens is 1. The Morgan fingerprint density at radius 1 is 1.17 bits per heavy atom. The highest BCUT2D eigenvalue weighted by Crippen LogP contribution is 2.26. The second kappa shape index (κ2) is 5.61. The number of nitrogens with zero attached hydrogens (tertiary/aromatic N) is 1. The molecular formula is C14H16BrN3. The van der Waals surface area contributed by atoms with Crippen molar-refractivity contribution in [3.63, 3.8) is 0 Å². The first kappa shape index (κ1) is 13.2. The third kappa shape index (κ3) is 2.77. The van der Waals surface area contributed by atoms with Gasteiger partial charge in [-0.15, -0.1) is 0 Å². The van der Waals surface area contributed by atoms with Gasteiger partial charge < -0.3 is 0 Å². The van der Waals surface area contributed by atoms with Crippen LogP contribution >= 0.6 is 15.9 Å². The van der Waals surface area contributed by atoms with Gasteiger partial charge in [-0.1, -0.05) is 34.1 Å². The highest BCUT2D eigenvalue weighted by atomic mass is 79.9. The van der Waals surface area contributed by atoms with Crippen LogP contribution in [0.25, 0.3) is 0 Å². The SMILES string of the molecule is Cc1cncc(C(NN)c2ccc(C)c(Br)c2)c1. The minimum atomic E-state index is -0.0469. The second-order valence-electron chi connectivity index (χ2n) is 4.40. The van der Waals surface area contributed by atoms with Crippen molar-refractivity contribution in [2.45, 2.75) is 19.9 Å². The molecule has 3 N–H and O–H groups in total. The highest BCUT2D eigenvalue weighted by molar-refractivity contribution is 9.10. The van der Waals surface area contributed by atoms with Crippen LogP contribution in [0.4, 0.5) is 0 Å². The normalized spacial score (nSPS) is 12.4. The van der Waals surface area contributed by atoms with Crippen molar-refractivity contribution in [1.82, 2.24) is 10.4 Å². The lowest BCUT2D eigenvalue weighted by molar-refractivity contribution is 0.633. The van der Waals surface area contributed by atoms with Crippen LogP contribution in [-0.2, 0) is 0 Å². The van der Waals surface area contributed by atoms with Gasteiger partial charge in [-0.3, -0.25) is 10.8 Å². The Labute approximate surface area is 116 Å². The van der Waals surface area contributed by atoms with E-state index in [2.05, 4.69) is 57.5 Å². The molecule has 0 saturated heterocycles. The van der Waals surface area contributed by atoms with Crippen LogP contribution in [0, 0.1) is 13.8 Å². The van der Waals surface area contributed by atoms with Gasteiger partial charge >= 0.3 is 0 Å². The number of hydrogen-bond donors (Lipinski definition) is 2. The van der Waals surface area contributed by atoms with Gasteiger partial charge in [-0.25, -0.2) is 5.43 Å². The zero-order chi connectivity index (χ0) is 13.1. The van der Waals surface area contributed by atoms with E-state index in [0.29, 0.717) is 0 Å². The molecular weight excluding hydrogens is 290 g/mol. The molecule has 18 heavy (non-hydrogen) atoms. The average molecular weight is 306 g/mol. The van der Waals surface area contributed by atoms with Crippen molar-refractivity contribution in [2.24, 2.45) is 5.84 Å². The molecule has 0 fully saturated rings. The number of rotatable bonds is 3. The van der Waals surface area contributed by atoms with Gasteiger partial charge in [0, 0.05) is 16.9 Å². The van der Waals surface area contributed by atoms with Crippen LogP contribution in [0.3, 0.4) is 0 Å². The number of aryl methyl sites for hydroxylation is 2. The molecule has 2 aromatic rings. The van der Waals surface area contributed by atoms with Gasteiger partial charge in [0.25, 0.3) is 0 Å².